The maximum Gasteiger partial charge on any atom is 0.376 e. The molecule has 0 unspecified atom stereocenters. The number of fused-ring (bicyclic) bond motifs is 1. The van der Waals surface area contributed by atoms with E-state index in [0.29, 0.717) is 0 Å². The third-order valence-electron chi connectivity index (χ3n) is 2.92. The molecule has 0 aliphatic carbocycles. The summed E-state index contributed by atoms with van der Waals surface area (Å²) in [6, 6.07) is 7.34. The van der Waals surface area contributed by atoms with Crippen molar-refractivity contribution < 1.29 is 18.3 Å². The van der Waals surface area contributed by atoms with E-state index in [4.69, 9.17) is 0 Å². The second-order valence-corrected chi connectivity index (χ2v) is 4.32. The van der Waals surface area contributed by atoms with Crippen molar-refractivity contribution in [1.82, 2.24) is 4.98 Å². The average Bonchev–Trinajstić information content (AvgIpc) is 2.84. The van der Waals surface area contributed by atoms with Gasteiger partial charge in [0, 0.05) is 18.1 Å². The number of benzene rings is 1. The van der Waals surface area contributed by atoms with Crippen molar-refractivity contribution in [1.29, 1.82) is 0 Å². The number of hydrogen-bond donors (Lipinski definition) is 1. The van der Waals surface area contributed by atoms with Crippen molar-refractivity contribution in [3.05, 3.63) is 36.0 Å². The molecular weight excluding hydrogens is 252 g/mol. The summed E-state index contributed by atoms with van der Waals surface area (Å²) in [5.74, 6) is -4.87. The lowest BCUT2D eigenvalue weighted by Gasteiger charge is -2.14. The smallest absolute Gasteiger partial charge is 0.376 e. The topological polar surface area (TPSA) is 42.1 Å². The Morgan fingerprint density at radius 3 is 2.89 bits per heavy atom. The van der Waals surface area contributed by atoms with E-state index in [9.17, 15) is 13.6 Å². The van der Waals surface area contributed by atoms with Gasteiger partial charge in [0.05, 0.1) is 6.61 Å². The summed E-state index contributed by atoms with van der Waals surface area (Å²) in [5.41, 5.74) is 1.73. The summed E-state index contributed by atoms with van der Waals surface area (Å²) in [6.45, 7) is 1.47. The van der Waals surface area contributed by atoms with E-state index in [-0.39, 0.29) is 13.0 Å². The second-order valence-electron chi connectivity index (χ2n) is 4.32. The molecule has 0 fully saturated rings. The number of hydrogen-bond acceptors (Lipinski definition) is 2. The SMILES string of the molecule is CCOC(=O)C(F)(F)CCc1ccc2[nH]ccc2c1. The fourth-order valence-electron chi connectivity index (χ4n) is 1.90. The number of aromatic nitrogens is 1. The second kappa shape index (κ2) is 5.38. The van der Waals surface area contributed by atoms with Crippen LogP contribution in [0, 0.1) is 0 Å². The summed E-state index contributed by atoms with van der Waals surface area (Å²) in [5, 5.41) is 0.969. The molecule has 0 amide bonds. The van der Waals surface area contributed by atoms with Crippen molar-refractivity contribution in [2.24, 2.45) is 0 Å². The van der Waals surface area contributed by atoms with E-state index in [1.807, 2.05) is 18.2 Å². The van der Waals surface area contributed by atoms with Crippen LogP contribution in [0.4, 0.5) is 8.78 Å². The van der Waals surface area contributed by atoms with Crippen LogP contribution in [0.5, 0.6) is 0 Å². The van der Waals surface area contributed by atoms with Crippen molar-refractivity contribution in [2.45, 2.75) is 25.7 Å². The highest BCUT2D eigenvalue weighted by atomic mass is 19.3. The first-order chi connectivity index (χ1) is 9.03. The first kappa shape index (κ1) is 13.5. The van der Waals surface area contributed by atoms with Crippen LogP contribution in [0.1, 0.15) is 18.9 Å². The fourth-order valence-corrected chi connectivity index (χ4v) is 1.90. The highest BCUT2D eigenvalue weighted by Gasteiger charge is 2.39. The van der Waals surface area contributed by atoms with E-state index in [1.165, 1.54) is 6.92 Å². The summed E-state index contributed by atoms with van der Waals surface area (Å²) in [4.78, 5) is 14.1. The van der Waals surface area contributed by atoms with Crippen LogP contribution in [0.25, 0.3) is 10.9 Å². The van der Waals surface area contributed by atoms with Gasteiger partial charge in [-0.1, -0.05) is 6.07 Å². The Labute approximate surface area is 109 Å². The Balaban J connectivity index is 2.03. The summed E-state index contributed by atoms with van der Waals surface area (Å²) in [6.07, 6.45) is 1.39. The number of carbonyl (C=O) groups excluding carboxylic acids is 1. The number of halogens is 2. The molecule has 0 radical (unpaired) electrons. The molecule has 0 saturated carbocycles. The average molecular weight is 267 g/mol. The number of alkyl halides is 2. The molecule has 0 spiro atoms. The molecule has 1 aromatic carbocycles. The predicted molar refractivity (Wildman–Crippen MR) is 68.2 cm³/mol. The quantitative estimate of drug-likeness (QED) is 0.844. The van der Waals surface area contributed by atoms with Crippen LogP contribution < -0.4 is 0 Å². The molecule has 2 aromatic rings. The molecule has 5 heteroatoms. The Bertz CT molecular complexity index is 578. The highest BCUT2D eigenvalue weighted by molar-refractivity contribution is 5.80. The maximum absolute atomic E-state index is 13.5. The van der Waals surface area contributed by atoms with Gasteiger partial charge in [-0.25, -0.2) is 4.79 Å². The van der Waals surface area contributed by atoms with Gasteiger partial charge in [0.1, 0.15) is 0 Å². The Kier molecular flexibility index (Phi) is 3.83. The molecular formula is C14H15F2NO2. The van der Waals surface area contributed by atoms with E-state index in [2.05, 4.69) is 9.72 Å². The molecule has 0 saturated heterocycles. The molecule has 3 nitrogen and oxygen atoms in total. The van der Waals surface area contributed by atoms with E-state index >= 15 is 0 Å². The van der Waals surface area contributed by atoms with Crippen LogP contribution in [-0.4, -0.2) is 23.5 Å². The Hall–Kier alpha value is -1.91. The number of H-pyrrole nitrogens is 1. The number of esters is 1. The molecule has 1 N–H and O–H groups in total. The Morgan fingerprint density at radius 2 is 2.16 bits per heavy atom. The van der Waals surface area contributed by atoms with Crippen molar-refractivity contribution in [2.75, 3.05) is 6.61 Å². The van der Waals surface area contributed by atoms with E-state index in [0.717, 1.165) is 16.5 Å². The van der Waals surface area contributed by atoms with Crippen LogP contribution in [0.2, 0.25) is 0 Å². The van der Waals surface area contributed by atoms with Crippen LogP contribution in [-0.2, 0) is 16.0 Å². The monoisotopic (exact) mass is 267 g/mol. The van der Waals surface area contributed by atoms with Gasteiger partial charge >= 0.3 is 11.9 Å². The lowest BCUT2D eigenvalue weighted by molar-refractivity contribution is -0.172. The Morgan fingerprint density at radius 1 is 1.37 bits per heavy atom. The molecule has 0 bridgehead atoms. The summed E-state index contributed by atoms with van der Waals surface area (Å²) in [7, 11) is 0. The molecule has 0 aliphatic rings. The third kappa shape index (κ3) is 3.10. The minimum Gasteiger partial charge on any atom is -0.462 e. The number of nitrogens with one attached hydrogen (secondary N) is 1. The maximum atomic E-state index is 13.5. The van der Waals surface area contributed by atoms with Crippen LogP contribution >= 0.6 is 0 Å². The molecule has 1 heterocycles. The molecule has 0 aliphatic heterocycles. The fraction of sp³-hybridized carbons (Fsp3) is 0.357. The zero-order valence-electron chi connectivity index (χ0n) is 10.6. The number of carbonyl (C=O) groups is 1. The molecule has 2 rings (SSSR count). The standard InChI is InChI=1S/C14H15F2NO2/c1-2-19-13(18)14(15,16)7-5-10-3-4-12-11(9-10)6-8-17-12/h3-4,6,8-9,17H,2,5,7H2,1H3. The first-order valence-electron chi connectivity index (χ1n) is 6.14. The molecule has 0 atom stereocenters. The lowest BCUT2D eigenvalue weighted by Crippen LogP contribution is -2.31. The number of rotatable bonds is 5. The minimum absolute atomic E-state index is 0.0380. The van der Waals surface area contributed by atoms with Gasteiger partial charge in [-0.05, 0) is 42.5 Å². The number of ether oxygens (including phenoxy) is 1. The van der Waals surface area contributed by atoms with Crippen LogP contribution in [0.3, 0.4) is 0 Å². The number of aryl methyl sites for hydroxylation is 1. The largest absolute Gasteiger partial charge is 0.462 e. The zero-order valence-corrected chi connectivity index (χ0v) is 10.6. The molecule has 19 heavy (non-hydrogen) atoms. The van der Waals surface area contributed by atoms with Gasteiger partial charge in [-0.3, -0.25) is 0 Å². The lowest BCUT2D eigenvalue weighted by atomic mass is 10.0. The normalized spacial score (nSPS) is 11.7. The summed E-state index contributed by atoms with van der Waals surface area (Å²) < 4.78 is 31.3. The van der Waals surface area contributed by atoms with Gasteiger partial charge in [-0.15, -0.1) is 0 Å². The molecule has 102 valence electrons. The van der Waals surface area contributed by atoms with E-state index in [1.54, 1.807) is 12.3 Å². The zero-order chi connectivity index (χ0) is 13.9. The van der Waals surface area contributed by atoms with Crippen LogP contribution in [0.15, 0.2) is 30.5 Å². The van der Waals surface area contributed by atoms with Crippen molar-refractivity contribution in [3.8, 4) is 0 Å². The van der Waals surface area contributed by atoms with Gasteiger partial charge in [0.25, 0.3) is 0 Å². The number of aromatic amines is 1. The molecule has 1 aromatic heterocycles. The highest BCUT2D eigenvalue weighted by Crippen LogP contribution is 2.24. The summed E-state index contributed by atoms with van der Waals surface area (Å²) >= 11 is 0. The van der Waals surface area contributed by atoms with Gasteiger partial charge < -0.3 is 9.72 Å². The predicted octanol–water partition coefficient (Wildman–Crippen LogP) is 3.30. The van der Waals surface area contributed by atoms with E-state index < -0.39 is 18.3 Å². The van der Waals surface area contributed by atoms with Gasteiger partial charge in [0.2, 0.25) is 0 Å². The van der Waals surface area contributed by atoms with Crippen molar-refractivity contribution >= 4 is 16.9 Å². The van der Waals surface area contributed by atoms with Gasteiger partial charge in [-0.2, -0.15) is 8.78 Å². The first-order valence-corrected chi connectivity index (χ1v) is 6.14. The van der Waals surface area contributed by atoms with Crippen molar-refractivity contribution in [3.63, 3.8) is 0 Å². The van der Waals surface area contributed by atoms with Gasteiger partial charge in [0.15, 0.2) is 0 Å². The third-order valence-corrected chi connectivity index (χ3v) is 2.92. The minimum atomic E-state index is -3.43.